The van der Waals surface area contributed by atoms with E-state index in [1.54, 1.807) is 0 Å². The summed E-state index contributed by atoms with van der Waals surface area (Å²) in [5.74, 6) is 0.581. The van der Waals surface area contributed by atoms with Gasteiger partial charge in [-0.3, -0.25) is 4.79 Å². The van der Waals surface area contributed by atoms with E-state index in [-0.39, 0.29) is 11.8 Å². The number of aliphatic hydroxyl groups excluding tert-OH is 1. The molecule has 2 unspecified atom stereocenters. The average Bonchev–Trinajstić information content (AvgIpc) is 2.87. The Bertz CT molecular complexity index is 499. The summed E-state index contributed by atoms with van der Waals surface area (Å²) in [6.45, 7) is 0.463. The highest BCUT2D eigenvalue weighted by molar-refractivity contribution is 5.79. The molecule has 0 aliphatic heterocycles. The molecule has 114 valence electrons. The fourth-order valence-corrected chi connectivity index (χ4v) is 2.99. The summed E-state index contributed by atoms with van der Waals surface area (Å²) in [5, 5.41) is 12.7. The number of para-hydroxylation sites is 1. The van der Waals surface area contributed by atoms with Crippen LogP contribution in [-0.4, -0.2) is 23.2 Å². The summed E-state index contributed by atoms with van der Waals surface area (Å²) in [6, 6.07) is 7.86. The van der Waals surface area contributed by atoms with Gasteiger partial charge in [-0.25, -0.2) is 0 Å². The first kappa shape index (κ1) is 14.4. The highest BCUT2D eigenvalue weighted by Crippen LogP contribution is 2.28. The van der Waals surface area contributed by atoms with Crippen molar-refractivity contribution in [3.05, 3.63) is 29.8 Å². The van der Waals surface area contributed by atoms with Crippen LogP contribution in [0.5, 0.6) is 5.75 Å². The molecule has 0 heterocycles. The number of carbonyl (C=O) groups is 1. The molecule has 1 amide bonds. The van der Waals surface area contributed by atoms with Crippen LogP contribution >= 0.6 is 0 Å². The number of hydrogen-bond acceptors (Lipinski definition) is 3. The minimum Gasteiger partial charge on any atom is -0.490 e. The van der Waals surface area contributed by atoms with E-state index in [9.17, 15) is 9.90 Å². The lowest BCUT2D eigenvalue weighted by atomic mass is 9.96. The molecule has 2 fully saturated rings. The third-order valence-corrected chi connectivity index (χ3v) is 4.59. The normalized spacial score (nSPS) is 25.4. The van der Waals surface area contributed by atoms with E-state index >= 15 is 0 Å². The van der Waals surface area contributed by atoms with E-state index < -0.39 is 6.10 Å². The van der Waals surface area contributed by atoms with Crippen LogP contribution in [0.2, 0.25) is 0 Å². The molecule has 0 spiro atoms. The van der Waals surface area contributed by atoms with Crippen molar-refractivity contribution in [2.75, 3.05) is 0 Å². The second-order valence-corrected chi connectivity index (χ2v) is 6.10. The Morgan fingerprint density at radius 3 is 2.62 bits per heavy atom. The topological polar surface area (TPSA) is 58.6 Å². The van der Waals surface area contributed by atoms with Gasteiger partial charge in [0.2, 0.25) is 5.91 Å². The van der Waals surface area contributed by atoms with Crippen LogP contribution < -0.4 is 10.1 Å². The van der Waals surface area contributed by atoms with Crippen LogP contribution in [-0.2, 0) is 11.3 Å². The number of hydrogen-bond donors (Lipinski definition) is 2. The second-order valence-electron chi connectivity index (χ2n) is 6.10. The predicted molar refractivity (Wildman–Crippen MR) is 79.9 cm³/mol. The van der Waals surface area contributed by atoms with E-state index in [1.165, 1.54) is 6.42 Å². The summed E-state index contributed by atoms with van der Waals surface area (Å²) in [5.41, 5.74) is 1.00. The number of amides is 1. The second kappa shape index (κ2) is 6.48. The van der Waals surface area contributed by atoms with Crippen molar-refractivity contribution >= 4 is 5.91 Å². The van der Waals surface area contributed by atoms with Gasteiger partial charge in [-0.2, -0.15) is 0 Å². The minimum atomic E-state index is -0.480. The molecule has 0 saturated heterocycles. The van der Waals surface area contributed by atoms with Crippen molar-refractivity contribution < 1.29 is 14.6 Å². The van der Waals surface area contributed by atoms with Gasteiger partial charge in [-0.05, 0) is 44.6 Å². The van der Waals surface area contributed by atoms with Crippen LogP contribution in [0.3, 0.4) is 0 Å². The fraction of sp³-hybridized carbons (Fsp3) is 0.588. The lowest BCUT2D eigenvalue weighted by molar-refractivity contribution is -0.127. The molecule has 2 aliphatic carbocycles. The van der Waals surface area contributed by atoms with Crippen molar-refractivity contribution in [2.45, 2.75) is 57.3 Å². The zero-order valence-corrected chi connectivity index (χ0v) is 12.3. The van der Waals surface area contributed by atoms with Crippen LogP contribution in [0, 0.1) is 5.92 Å². The summed E-state index contributed by atoms with van der Waals surface area (Å²) in [6.07, 6.45) is 5.78. The van der Waals surface area contributed by atoms with Gasteiger partial charge in [-0.1, -0.05) is 18.2 Å². The maximum Gasteiger partial charge on any atom is 0.225 e. The molecule has 1 aromatic rings. The van der Waals surface area contributed by atoms with Crippen LogP contribution in [0.4, 0.5) is 0 Å². The van der Waals surface area contributed by atoms with Crippen molar-refractivity contribution in [1.82, 2.24) is 5.32 Å². The van der Waals surface area contributed by atoms with E-state index in [1.807, 2.05) is 24.3 Å². The standard InChI is InChI=1S/C17H23NO3/c19-15-9-4-8-14(15)17(20)18-11-12-5-1-2-10-16(12)21-13-6-3-7-13/h1-2,5,10,13-15,19H,3-4,6-9,11H2,(H,18,20). The molecule has 2 atom stereocenters. The third kappa shape index (κ3) is 3.38. The van der Waals surface area contributed by atoms with E-state index in [4.69, 9.17) is 4.74 Å². The zero-order chi connectivity index (χ0) is 14.7. The number of carbonyl (C=O) groups excluding carboxylic acids is 1. The first-order chi connectivity index (χ1) is 10.2. The molecule has 0 radical (unpaired) electrons. The molecular weight excluding hydrogens is 266 g/mol. The molecule has 2 aliphatic rings. The van der Waals surface area contributed by atoms with E-state index in [2.05, 4.69) is 5.32 Å². The Balaban J connectivity index is 1.58. The molecule has 2 saturated carbocycles. The summed E-state index contributed by atoms with van der Waals surface area (Å²) in [7, 11) is 0. The van der Waals surface area contributed by atoms with E-state index in [0.29, 0.717) is 12.6 Å². The van der Waals surface area contributed by atoms with Gasteiger partial charge in [0.25, 0.3) is 0 Å². The smallest absolute Gasteiger partial charge is 0.225 e. The first-order valence-corrected chi connectivity index (χ1v) is 7.94. The Morgan fingerprint density at radius 1 is 1.19 bits per heavy atom. The molecule has 4 heteroatoms. The van der Waals surface area contributed by atoms with Gasteiger partial charge >= 0.3 is 0 Å². The predicted octanol–water partition coefficient (Wildman–Crippen LogP) is 2.40. The Hall–Kier alpha value is -1.55. The Kier molecular flexibility index (Phi) is 4.44. The molecule has 4 nitrogen and oxygen atoms in total. The first-order valence-electron chi connectivity index (χ1n) is 7.94. The molecule has 3 rings (SSSR count). The number of nitrogens with one attached hydrogen (secondary N) is 1. The average molecular weight is 289 g/mol. The van der Waals surface area contributed by atoms with Gasteiger partial charge in [0.05, 0.1) is 18.1 Å². The van der Waals surface area contributed by atoms with Crippen molar-refractivity contribution in [3.63, 3.8) is 0 Å². The lowest BCUT2D eigenvalue weighted by Crippen LogP contribution is -2.34. The third-order valence-electron chi connectivity index (χ3n) is 4.59. The minimum absolute atomic E-state index is 0.0431. The van der Waals surface area contributed by atoms with Gasteiger partial charge in [0.15, 0.2) is 0 Å². The molecule has 21 heavy (non-hydrogen) atoms. The van der Waals surface area contributed by atoms with Crippen LogP contribution in [0.1, 0.15) is 44.1 Å². The fourth-order valence-electron chi connectivity index (χ4n) is 2.99. The monoisotopic (exact) mass is 289 g/mol. The van der Waals surface area contributed by atoms with Crippen molar-refractivity contribution in [2.24, 2.45) is 5.92 Å². The number of ether oxygens (including phenoxy) is 1. The van der Waals surface area contributed by atoms with Crippen molar-refractivity contribution in [1.29, 1.82) is 0 Å². The van der Waals surface area contributed by atoms with Gasteiger partial charge in [-0.15, -0.1) is 0 Å². The Morgan fingerprint density at radius 2 is 1.95 bits per heavy atom. The Labute approximate surface area is 125 Å². The van der Waals surface area contributed by atoms with Crippen molar-refractivity contribution in [3.8, 4) is 5.75 Å². The van der Waals surface area contributed by atoms with Crippen LogP contribution in [0.25, 0.3) is 0 Å². The highest BCUT2D eigenvalue weighted by atomic mass is 16.5. The highest BCUT2D eigenvalue weighted by Gasteiger charge is 2.31. The molecule has 0 bridgehead atoms. The summed E-state index contributed by atoms with van der Waals surface area (Å²) in [4.78, 5) is 12.1. The largest absolute Gasteiger partial charge is 0.490 e. The lowest BCUT2D eigenvalue weighted by Gasteiger charge is -2.27. The summed E-state index contributed by atoms with van der Waals surface area (Å²) < 4.78 is 5.96. The SMILES string of the molecule is O=C(NCc1ccccc1OC1CCC1)C1CCCC1O. The molecule has 0 aromatic heterocycles. The number of rotatable bonds is 5. The number of benzene rings is 1. The van der Waals surface area contributed by atoms with E-state index in [0.717, 1.165) is 43.4 Å². The summed E-state index contributed by atoms with van der Waals surface area (Å²) >= 11 is 0. The zero-order valence-electron chi connectivity index (χ0n) is 12.3. The van der Waals surface area contributed by atoms with Gasteiger partial charge in [0.1, 0.15) is 5.75 Å². The molecule has 2 N–H and O–H groups in total. The molecular formula is C17H23NO3. The molecule has 1 aromatic carbocycles. The van der Waals surface area contributed by atoms with Gasteiger partial charge < -0.3 is 15.2 Å². The quantitative estimate of drug-likeness (QED) is 0.875. The maximum atomic E-state index is 12.1. The maximum absolute atomic E-state index is 12.1. The van der Waals surface area contributed by atoms with Gasteiger partial charge in [0, 0.05) is 12.1 Å². The number of aliphatic hydroxyl groups is 1. The van der Waals surface area contributed by atoms with Crippen LogP contribution in [0.15, 0.2) is 24.3 Å².